The predicted molar refractivity (Wildman–Crippen MR) is 79.9 cm³/mol. The molecule has 0 spiro atoms. The van der Waals surface area contributed by atoms with Gasteiger partial charge in [-0.15, -0.1) is 0 Å². The lowest BCUT2D eigenvalue weighted by molar-refractivity contribution is 0.761. The Balaban J connectivity index is 2.61. The Labute approximate surface area is 111 Å². The highest BCUT2D eigenvalue weighted by molar-refractivity contribution is 5.48. The highest BCUT2D eigenvalue weighted by Crippen LogP contribution is 2.40. The quantitative estimate of drug-likeness (QED) is 0.651. The Bertz CT molecular complexity index is 503. The van der Waals surface area contributed by atoms with Gasteiger partial charge in [-0.3, -0.25) is 0 Å². The summed E-state index contributed by atoms with van der Waals surface area (Å²) in [5.74, 6) is 1.02. The lowest BCUT2D eigenvalue weighted by atomic mass is 9.88. The summed E-state index contributed by atoms with van der Waals surface area (Å²) in [7, 11) is 0. The van der Waals surface area contributed by atoms with Crippen LogP contribution in [0.15, 0.2) is 60.2 Å². The van der Waals surface area contributed by atoms with Gasteiger partial charge in [-0.05, 0) is 41.5 Å². The monoisotopic (exact) mass is 238 g/mol. The van der Waals surface area contributed by atoms with E-state index in [1.54, 1.807) is 0 Å². The van der Waals surface area contributed by atoms with Crippen molar-refractivity contribution in [3.63, 3.8) is 0 Å². The van der Waals surface area contributed by atoms with Gasteiger partial charge in [-0.1, -0.05) is 62.9 Å². The normalized spacial score (nSPS) is 23.9. The first-order valence-electron chi connectivity index (χ1n) is 6.76. The van der Waals surface area contributed by atoms with Crippen LogP contribution < -0.4 is 0 Å². The first kappa shape index (κ1) is 12.9. The lowest BCUT2D eigenvalue weighted by Crippen LogP contribution is -2.00. The molecule has 0 N–H and O–H groups in total. The van der Waals surface area contributed by atoms with Crippen molar-refractivity contribution in [1.82, 2.24) is 0 Å². The van der Waals surface area contributed by atoms with E-state index in [2.05, 4.69) is 63.8 Å². The molecule has 0 saturated heterocycles. The third-order valence-corrected chi connectivity index (χ3v) is 3.95. The van der Waals surface area contributed by atoms with E-state index in [4.69, 9.17) is 0 Å². The maximum atomic E-state index is 4.00. The second-order valence-corrected chi connectivity index (χ2v) is 5.14. The van der Waals surface area contributed by atoms with E-state index in [-0.39, 0.29) is 0 Å². The van der Waals surface area contributed by atoms with E-state index in [1.807, 2.05) is 6.08 Å². The van der Waals surface area contributed by atoms with Gasteiger partial charge in [0.15, 0.2) is 0 Å². The standard InChI is InChI=1S/C18H22/c1-5-9-17-14(4)18-11-8-7-10-16(18)13(3)12-15(17)6-2/h5-11,13-14H,2,12H2,1,3-4H3/b9-5-. The number of rotatable bonds is 2. The number of benzene rings is 1. The second kappa shape index (κ2) is 5.39. The van der Waals surface area contributed by atoms with Crippen molar-refractivity contribution in [2.24, 2.45) is 0 Å². The van der Waals surface area contributed by atoms with Crippen molar-refractivity contribution in [3.8, 4) is 0 Å². The molecule has 0 nitrogen and oxygen atoms in total. The molecule has 2 unspecified atom stereocenters. The Morgan fingerprint density at radius 1 is 1.17 bits per heavy atom. The molecule has 0 aromatic heterocycles. The molecule has 1 aromatic rings. The Hall–Kier alpha value is -1.56. The lowest BCUT2D eigenvalue weighted by Gasteiger charge is -2.17. The van der Waals surface area contributed by atoms with Gasteiger partial charge in [0.2, 0.25) is 0 Å². The zero-order valence-corrected chi connectivity index (χ0v) is 11.6. The summed E-state index contributed by atoms with van der Waals surface area (Å²) >= 11 is 0. The van der Waals surface area contributed by atoms with Gasteiger partial charge in [-0.2, -0.15) is 0 Å². The van der Waals surface area contributed by atoms with Crippen LogP contribution in [-0.2, 0) is 0 Å². The van der Waals surface area contributed by atoms with Gasteiger partial charge < -0.3 is 0 Å². The molecule has 0 heteroatoms. The van der Waals surface area contributed by atoms with Crippen molar-refractivity contribution < 1.29 is 0 Å². The van der Waals surface area contributed by atoms with Gasteiger partial charge in [0.05, 0.1) is 0 Å². The average molecular weight is 238 g/mol. The molecule has 94 valence electrons. The van der Waals surface area contributed by atoms with E-state index < -0.39 is 0 Å². The van der Waals surface area contributed by atoms with Gasteiger partial charge in [0.1, 0.15) is 0 Å². The van der Waals surface area contributed by atoms with E-state index in [0.29, 0.717) is 11.8 Å². The average Bonchev–Trinajstić information content (AvgIpc) is 2.50. The van der Waals surface area contributed by atoms with Crippen LogP contribution in [0.5, 0.6) is 0 Å². The van der Waals surface area contributed by atoms with E-state index in [0.717, 1.165) is 6.42 Å². The largest absolute Gasteiger partial charge is 0.0988 e. The molecule has 2 rings (SSSR count). The molecule has 2 atom stereocenters. The molecule has 0 saturated carbocycles. The fraction of sp³-hybridized carbons (Fsp3) is 0.333. The van der Waals surface area contributed by atoms with Crippen LogP contribution >= 0.6 is 0 Å². The molecule has 1 aromatic carbocycles. The number of allylic oxidation sites excluding steroid dienone is 5. The second-order valence-electron chi connectivity index (χ2n) is 5.14. The molecule has 0 amide bonds. The van der Waals surface area contributed by atoms with E-state index in [9.17, 15) is 0 Å². The minimum absolute atomic E-state index is 0.454. The highest BCUT2D eigenvalue weighted by Gasteiger charge is 2.23. The third kappa shape index (κ3) is 2.20. The summed E-state index contributed by atoms with van der Waals surface area (Å²) < 4.78 is 0. The molecule has 0 fully saturated rings. The van der Waals surface area contributed by atoms with Crippen LogP contribution in [0.4, 0.5) is 0 Å². The smallest absolute Gasteiger partial charge is 0.00664 e. The molecule has 1 aliphatic carbocycles. The minimum Gasteiger partial charge on any atom is -0.0988 e. The van der Waals surface area contributed by atoms with Crippen LogP contribution in [0.25, 0.3) is 0 Å². The van der Waals surface area contributed by atoms with Crippen LogP contribution in [0.1, 0.15) is 50.2 Å². The summed E-state index contributed by atoms with van der Waals surface area (Å²) in [6, 6.07) is 8.84. The fourth-order valence-electron chi connectivity index (χ4n) is 2.99. The molecular weight excluding hydrogens is 216 g/mol. The van der Waals surface area contributed by atoms with Gasteiger partial charge in [-0.25, -0.2) is 0 Å². The van der Waals surface area contributed by atoms with Crippen LogP contribution in [0.3, 0.4) is 0 Å². The van der Waals surface area contributed by atoms with Crippen molar-refractivity contribution in [1.29, 1.82) is 0 Å². The summed E-state index contributed by atoms with van der Waals surface area (Å²) in [6.07, 6.45) is 7.50. The molecule has 1 aliphatic rings. The van der Waals surface area contributed by atoms with Crippen LogP contribution in [-0.4, -0.2) is 0 Å². The molecule has 0 radical (unpaired) electrons. The first-order chi connectivity index (χ1) is 8.69. The maximum absolute atomic E-state index is 4.00. The Morgan fingerprint density at radius 2 is 1.83 bits per heavy atom. The maximum Gasteiger partial charge on any atom is 0.00664 e. The number of hydrogen-bond acceptors (Lipinski definition) is 0. The van der Waals surface area contributed by atoms with Gasteiger partial charge in [0.25, 0.3) is 0 Å². The molecule has 0 bridgehead atoms. The predicted octanol–water partition coefficient (Wildman–Crippen LogP) is 5.36. The van der Waals surface area contributed by atoms with Gasteiger partial charge >= 0.3 is 0 Å². The van der Waals surface area contributed by atoms with E-state index in [1.165, 1.54) is 22.3 Å². The molecule has 0 heterocycles. The zero-order valence-electron chi connectivity index (χ0n) is 11.6. The summed E-state index contributed by atoms with van der Waals surface area (Å²) in [4.78, 5) is 0. The SMILES string of the molecule is C=CC1=C(/C=C\C)C(C)c2ccccc2C(C)C1. The molecule has 18 heavy (non-hydrogen) atoms. The minimum atomic E-state index is 0.454. The first-order valence-corrected chi connectivity index (χ1v) is 6.76. The summed E-state index contributed by atoms with van der Waals surface area (Å²) in [5.41, 5.74) is 5.77. The zero-order chi connectivity index (χ0) is 13.1. The Morgan fingerprint density at radius 3 is 2.44 bits per heavy atom. The summed E-state index contributed by atoms with van der Waals surface area (Å²) in [5, 5.41) is 0. The molecular formula is C18H22. The summed E-state index contributed by atoms with van der Waals surface area (Å²) in [6.45, 7) is 10.7. The van der Waals surface area contributed by atoms with Crippen molar-refractivity contribution in [3.05, 3.63) is 71.3 Å². The topological polar surface area (TPSA) is 0 Å². The highest BCUT2D eigenvalue weighted by atomic mass is 14.3. The Kier molecular flexibility index (Phi) is 3.86. The van der Waals surface area contributed by atoms with Crippen molar-refractivity contribution >= 4 is 0 Å². The van der Waals surface area contributed by atoms with Crippen molar-refractivity contribution in [2.45, 2.75) is 39.0 Å². The van der Waals surface area contributed by atoms with Crippen LogP contribution in [0, 0.1) is 0 Å². The number of fused-ring (bicyclic) bond motifs is 1. The van der Waals surface area contributed by atoms with Crippen molar-refractivity contribution in [2.75, 3.05) is 0 Å². The third-order valence-electron chi connectivity index (χ3n) is 3.95. The van der Waals surface area contributed by atoms with E-state index >= 15 is 0 Å². The van der Waals surface area contributed by atoms with Crippen LogP contribution in [0.2, 0.25) is 0 Å². The number of hydrogen-bond donors (Lipinski definition) is 0. The fourth-order valence-corrected chi connectivity index (χ4v) is 2.99. The molecule has 0 aliphatic heterocycles. The van der Waals surface area contributed by atoms with Gasteiger partial charge in [0, 0.05) is 5.92 Å².